The average Bonchev–Trinajstić information content (AvgIpc) is 4.25. The molecule has 4 unspecified atom stereocenters. The summed E-state index contributed by atoms with van der Waals surface area (Å²) in [5.41, 5.74) is 22.9. The molecule has 20 rings (SSSR count). The second-order valence-electron chi connectivity index (χ2n) is 25.6. The van der Waals surface area contributed by atoms with Crippen molar-refractivity contribution >= 4 is 82.5 Å². The van der Waals surface area contributed by atoms with Gasteiger partial charge < -0.3 is 9.38 Å². The monoisotopic (exact) mass is 940 g/mol. The van der Waals surface area contributed by atoms with Crippen LogP contribution in [-0.4, -0.2) is 11.4 Å². The number of hydrogen-bond acceptors (Lipinski definition) is 2. The molecule has 72 heavy (non-hydrogen) atoms. The van der Waals surface area contributed by atoms with Crippen LogP contribution in [0.4, 0.5) is 11.4 Å². The van der Waals surface area contributed by atoms with Crippen LogP contribution in [0.3, 0.4) is 0 Å². The second-order valence-corrected chi connectivity index (χ2v) is 26.7. The van der Waals surface area contributed by atoms with E-state index < -0.39 is 0 Å². The molecule has 2 aromatic heterocycles. The van der Waals surface area contributed by atoms with Crippen LogP contribution in [0, 0.1) is 46.3 Å². The van der Waals surface area contributed by atoms with Crippen LogP contribution < -0.4 is 15.7 Å². The molecule has 8 aromatic carbocycles. The number of benzene rings is 8. The third-order valence-corrected chi connectivity index (χ3v) is 24.6. The van der Waals surface area contributed by atoms with E-state index in [1.165, 1.54) is 168 Å². The van der Waals surface area contributed by atoms with Crippen LogP contribution in [0.2, 0.25) is 0 Å². The topological polar surface area (TPSA) is 8.17 Å². The quantitative estimate of drug-likeness (QED) is 0.156. The lowest BCUT2D eigenvalue weighted by Crippen LogP contribution is -2.61. The van der Waals surface area contributed by atoms with Gasteiger partial charge in [0.15, 0.2) is 0 Å². The second kappa shape index (κ2) is 12.3. The Labute approximate surface area is 424 Å². The fraction of sp³-hybridized carbons (Fsp3) is 0.294. The highest BCUT2D eigenvalue weighted by Crippen LogP contribution is 2.85. The Morgan fingerprint density at radius 2 is 1.07 bits per heavy atom. The number of hydrogen-bond donors (Lipinski definition) is 0. The van der Waals surface area contributed by atoms with Gasteiger partial charge in [0.1, 0.15) is 0 Å². The van der Waals surface area contributed by atoms with Gasteiger partial charge in [-0.25, -0.2) is 0 Å². The Balaban J connectivity index is 0.905. The molecular formula is C68H53BN2S. The van der Waals surface area contributed by atoms with Crippen LogP contribution in [0.25, 0.3) is 81.0 Å². The summed E-state index contributed by atoms with van der Waals surface area (Å²) in [6.07, 6.45) is 14.5. The summed E-state index contributed by atoms with van der Waals surface area (Å²) in [4.78, 5) is 2.82. The molecule has 2 aliphatic heterocycles. The molecule has 8 fully saturated rings. The Hall–Kier alpha value is -6.36. The van der Waals surface area contributed by atoms with Gasteiger partial charge in [0.05, 0.1) is 11.0 Å². The van der Waals surface area contributed by atoms with Gasteiger partial charge in [-0.3, -0.25) is 0 Å². The number of nitrogens with zero attached hydrogens (tertiary/aromatic N) is 2. The summed E-state index contributed by atoms with van der Waals surface area (Å²) in [7, 11) is 0. The van der Waals surface area contributed by atoms with Crippen molar-refractivity contribution in [3.8, 4) is 39.1 Å². The van der Waals surface area contributed by atoms with Gasteiger partial charge in [-0.1, -0.05) is 103 Å². The van der Waals surface area contributed by atoms with Gasteiger partial charge in [-0.15, -0.1) is 11.3 Å². The summed E-state index contributed by atoms with van der Waals surface area (Å²) in [5, 5.41) is 5.73. The normalized spacial score (nSPS) is 32.6. The van der Waals surface area contributed by atoms with Crippen molar-refractivity contribution in [2.45, 2.75) is 75.0 Å². The largest absolute Gasteiger partial charge is 0.376 e. The highest BCUT2D eigenvalue weighted by atomic mass is 32.1. The third kappa shape index (κ3) is 4.21. The molecule has 0 radical (unpaired) electrons. The molecule has 8 aliphatic carbocycles. The van der Waals surface area contributed by atoms with E-state index in [-0.39, 0.29) is 12.3 Å². The fourth-order valence-electron chi connectivity index (χ4n) is 20.7. The molecule has 4 heterocycles. The number of aromatic nitrogens is 1. The Morgan fingerprint density at radius 1 is 0.444 bits per heavy atom. The van der Waals surface area contributed by atoms with E-state index in [1.54, 1.807) is 11.1 Å². The van der Waals surface area contributed by atoms with Crippen molar-refractivity contribution < 1.29 is 0 Å². The smallest absolute Gasteiger partial charge is 0.333 e. The van der Waals surface area contributed by atoms with Crippen molar-refractivity contribution in [1.29, 1.82) is 0 Å². The van der Waals surface area contributed by atoms with E-state index in [0.717, 1.165) is 35.5 Å². The van der Waals surface area contributed by atoms with E-state index in [1.807, 2.05) is 11.3 Å². The molecule has 0 amide bonds. The van der Waals surface area contributed by atoms with Crippen LogP contribution in [0.15, 0.2) is 164 Å². The van der Waals surface area contributed by atoms with Crippen LogP contribution in [-0.2, 0) is 10.8 Å². The first-order valence-electron chi connectivity index (χ1n) is 27.7. The van der Waals surface area contributed by atoms with Gasteiger partial charge in [0, 0.05) is 53.6 Å². The Morgan fingerprint density at radius 3 is 1.75 bits per heavy atom. The van der Waals surface area contributed by atoms with E-state index in [4.69, 9.17) is 0 Å². The average molecular weight is 941 g/mol. The summed E-state index contributed by atoms with van der Waals surface area (Å²) in [6, 6.07) is 65.0. The van der Waals surface area contributed by atoms with Crippen molar-refractivity contribution in [3.63, 3.8) is 0 Å². The van der Waals surface area contributed by atoms with Gasteiger partial charge in [0.25, 0.3) is 0 Å². The standard InChI is InChI=1S/C68H53BN2S/c1-3-9-38(10-4-1)40-15-18-50(19-16-40)71-59-30-54-51-13-7-8-14-61(51)72-62(54)31-53(59)55-21-41(39-11-5-2-6-12-39)22-60-63(55)69(71)57-29-43(66-34-48-25-45-26-49(35-66)68(45,48)37-66)28-56-52-27-42(17-20-58(52)70(60)64(56)57)65-32-46-23-44-24-47(33-65)67(44,46)36-65/h1-22,27-31,44-49H,23-26,32-37H2. The summed E-state index contributed by atoms with van der Waals surface area (Å²) >= 11 is 1.95. The zero-order chi connectivity index (χ0) is 46.2. The van der Waals surface area contributed by atoms with E-state index >= 15 is 0 Å². The van der Waals surface area contributed by atoms with Crippen LogP contribution >= 0.6 is 11.3 Å². The number of fused-ring (bicyclic) bond motifs is 12. The summed E-state index contributed by atoms with van der Waals surface area (Å²) in [5.74, 6) is 5.82. The molecule has 344 valence electrons. The van der Waals surface area contributed by atoms with Crippen LogP contribution in [0.5, 0.6) is 0 Å². The molecule has 4 atom stereocenters. The molecule has 2 spiro atoms. The highest BCUT2D eigenvalue weighted by Gasteiger charge is 2.78. The maximum atomic E-state index is 2.83. The zero-order valence-electron chi connectivity index (χ0n) is 40.5. The molecule has 0 saturated heterocycles. The van der Waals surface area contributed by atoms with Gasteiger partial charge in [-0.05, 0) is 232 Å². The lowest BCUT2D eigenvalue weighted by atomic mass is 9.38. The van der Waals surface area contributed by atoms with Gasteiger partial charge in [-0.2, -0.15) is 0 Å². The molecule has 10 aliphatic rings. The summed E-state index contributed by atoms with van der Waals surface area (Å²) in [6.45, 7) is -0.0138. The maximum absolute atomic E-state index is 2.83. The Kier molecular flexibility index (Phi) is 6.56. The minimum absolute atomic E-state index is 0.0138. The first-order valence-corrected chi connectivity index (χ1v) is 28.6. The minimum atomic E-state index is -0.0138. The van der Waals surface area contributed by atoms with Crippen molar-refractivity contribution in [1.82, 2.24) is 4.57 Å². The van der Waals surface area contributed by atoms with Crippen molar-refractivity contribution in [2.75, 3.05) is 4.81 Å². The lowest BCUT2D eigenvalue weighted by molar-refractivity contribution is -0.175. The van der Waals surface area contributed by atoms with Crippen molar-refractivity contribution in [2.24, 2.45) is 46.3 Å². The minimum Gasteiger partial charge on any atom is -0.376 e. The fourth-order valence-corrected chi connectivity index (χ4v) is 21.8. The predicted octanol–water partition coefficient (Wildman–Crippen LogP) is 15.9. The molecule has 0 N–H and O–H groups in total. The summed E-state index contributed by atoms with van der Waals surface area (Å²) < 4.78 is 5.51. The van der Waals surface area contributed by atoms with E-state index in [9.17, 15) is 0 Å². The highest BCUT2D eigenvalue weighted by molar-refractivity contribution is 7.25. The number of rotatable bonds is 5. The first kappa shape index (κ1) is 38.3. The van der Waals surface area contributed by atoms with E-state index in [2.05, 4.69) is 173 Å². The first-order chi connectivity index (χ1) is 35.5. The third-order valence-electron chi connectivity index (χ3n) is 23.4. The molecule has 2 nitrogen and oxygen atoms in total. The molecule has 4 bridgehead atoms. The zero-order valence-corrected chi connectivity index (χ0v) is 41.3. The molecule has 8 saturated carbocycles. The number of thiophene rings is 1. The Bertz CT molecular complexity index is 4110. The predicted molar refractivity (Wildman–Crippen MR) is 299 cm³/mol. The molecule has 4 heteroatoms. The van der Waals surface area contributed by atoms with Crippen LogP contribution in [0.1, 0.15) is 75.3 Å². The molecule has 10 aromatic rings. The van der Waals surface area contributed by atoms with Gasteiger partial charge >= 0.3 is 6.85 Å². The molecular weight excluding hydrogens is 888 g/mol. The number of anilines is 2. The lowest BCUT2D eigenvalue weighted by Gasteiger charge is -2.66. The SMILES string of the molecule is c1ccc(-c2ccc(N3B4c5c(cc(-c6ccccc6)cc5-n5c6ccc(C78CC9CC%10CC(C7)C%109C8)cc6c6cc(C78CC9CC%10CC(C7)C%109C8)cc4c65)-c4cc5sc6ccccc6c5cc43)cc2)cc1. The van der Waals surface area contributed by atoms with E-state index in [0.29, 0.717) is 16.2 Å². The van der Waals surface area contributed by atoms with Gasteiger partial charge in [0.2, 0.25) is 0 Å². The maximum Gasteiger partial charge on any atom is 0.333 e. The van der Waals surface area contributed by atoms with Crippen molar-refractivity contribution in [3.05, 3.63) is 175 Å².